The molecule has 2 N–H and O–H groups in total. The van der Waals surface area contributed by atoms with Gasteiger partial charge < -0.3 is 15.2 Å². The molecule has 6 nitrogen and oxygen atoms in total. The fourth-order valence-electron chi connectivity index (χ4n) is 3.05. The molecular formula is C16H24N6. The summed E-state index contributed by atoms with van der Waals surface area (Å²) >= 11 is 0. The largest absolute Gasteiger partial charge is 0.384 e. The minimum atomic E-state index is 0.530. The van der Waals surface area contributed by atoms with E-state index in [9.17, 15) is 0 Å². The van der Waals surface area contributed by atoms with Crippen LogP contribution in [-0.4, -0.2) is 32.6 Å². The molecule has 1 aliphatic heterocycles. The normalized spacial score (nSPS) is 16.1. The van der Waals surface area contributed by atoms with Crippen LogP contribution in [0.3, 0.4) is 0 Å². The molecule has 22 heavy (non-hydrogen) atoms. The Morgan fingerprint density at radius 2 is 2.05 bits per heavy atom. The Morgan fingerprint density at radius 3 is 2.77 bits per heavy atom. The number of imidazole rings is 1. The van der Waals surface area contributed by atoms with E-state index in [0.29, 0.717) is 11.7 Å². The maximum atomic E-state index is 5.74. The number of aromatic nitrogens is 4. The van der Waals surface area contributed by atoms with Crippen molar-refractivity contribution in [1.82, 2.24) is 19.5 Å². The van der Waals surface area contributed by atoms with Gasteiger partial charge in [0.25, 0.3) is 0 Å². The first-order chi connectivity index (χ1) is 10.8. The van der Waals surface area contributed by atoms with Crippen LogP contribution in [0.25, 0.3) is 0 Å². The van der Waals surface area contributed by atoms with E-state index in [1.165, 1.54) is 18.7 Å². The van der Waals surface area contributed by atoms with Gasteiger partial charge in [-0.05, 0) is 25.3 Å². The summed E-state index contributed by atoms with van der Waals surface area (Å²) in [5.74, 6) is 3.04. The van der Waals surface area contributed by atoms with E-state index in [4.69, 9.17) is 5.73 Å². The molecule has 0 atom stereocenters. The van der Waals surface area contributed by atoms with Gasteiger partial charge in [-0.15, -0.1) is 0 Å². The van der Waals surface area contributed by atoms with Crippen molar-refractivity contribution in [1.29, 1.82) is 0 Å². The third-order valence-electron chi connectivity index (χ3n) is 4.31. The maximum Gasteiger partial charge on any atom is 0.227 e. The molecule has 1 saturated heterocycles. The highest BCUT2D eigenvalue weighted by atomic mass is 15.3. The molecule has 118 valence electrons. The highest BCUT2D eigenvalue weighted by molar-refractivity contribution is 5.38. The van der Waals surface area contributed by atoms with Crippen molar-refractivity contribution >= 4 is 11.8 Å². The molecule has 1 aliphatic rings. The number of aryl methyl sites for hydroxylation is 1. The summed E-state index contributed by atoms with van der Waals surface area (Å²) < 4.78 is 2.32. The summed E-state index contributed by atoms with van der Waals surface area (Å²) in [7, 11) is 0. The smallest absolute Gasteiger partial charge is 0.227 e. The topological polar surface area (TPSA) is 72.9 Å². The monoisotopic (exact) mass is 300 g/mol. The second-order valence-corrected chi connectivity index (χ2v) is 5.88. The first-order valence-electron chi connectivity index (χ1n) is 8.12. The van der Waals surface area contributed by atoms with Gasteiger partial charge >= 0.3 is 0 Å². The van der Waals surface area contributed by atoms with Crippen LogP contribution < -0.4 is 10.6 Å². The highest BCUT2D eigenvalue weighted by Crippen LogP contribution is 2.28. The molecule has 0 saturated carbocycles. The van der Waals surface area contributed by atoms with Crippen molar-refractivity contribution in [3.8, 4) is 0 Å². The van der Waals surface area contributed by atoms with Crippen molar-refractivity contribution < 1.29 is 0 Å². The van der Waals surface area contributed by atoms with Crippen molar-refractivity contribution in [2.75, 3.05) is 23.7 Å². The molecule has 0 aliphatic carbocycles. The van der Waals surface area contributed by atoms with Crippen molar-refractivity contribution in [2.24, 2.45) is 0 Å². The molecule has 0 spiro atoms. The minimum Gasteiger partial charge on any atom is -0.384 e. The van der Waals surface area contributed by atoms with Gasteiger partial charge in [-0.3, -0.25) is 0 Å². The Morgan fingerprint density at radius 1 is 1.23 bits per heavy atom. The maximum absolute atomic E-state index is 5.74. The van der Waals surface area contributed by atoms with E-state index in [0.717, 1.165) is 38.4 Å². The van der Waals surface area contributed by atoms with Crippen LogP contribution >= 0.6 is 0 Å². The highest BCUT2D eigenvalue weighted by Gasteiger charge is 2.25. The molecule has 3 rings (SSSR count). The third-order valence-corrected chi connectivity index (χ3v) is 4.31. The number of hydrogen-bond acceptors (Lipinski definition) is 5. The molecule has 1 fully saturated rings. The van der Waals surface area contributed by atoms with Crippen LogP contribution in [-0.2, 0) is 6.54 Å². The van der Waals surface area contributed by atoms with Crippen LogP contribution in [0.4, 0.5) is 11.8 Å². The Bertz CT molecular complexity index is 600. The number of nitrogens with two attached hydrogens (primary N) is 1. The average Bonchev–Trinajstić information content (AvgIpc) is 3.01. The van der Waals surface area contributed by atoms with E-state index < -0.39 is 0 Å². The Kier molecular flexibility index (Phi) is 4.56. The van der Waals surface area contributed by atoms with Gasteiger partial charge in [-0.1, -0.05) is 13.3 Å². The molecule has 0 radical (unpaired) electrons. The summed E-state index contributed by atoms with van der Waals surface area (Å²) in [6.07, 6.45) is 10.3. The molecular weight excluding hydrogens is 276 g/mol. The predicted octanol–water partition coefficient (Wildman–Crippen LogP) is 2.44. The Hall–Kier alpha value is -2.11. The number of nitrogen functional groups attached to an aromatic ring is 1. The van der Waals surface area contributed by atoms with Gasteiger partial charge in [0.15, 0.2) is 0 Å². The molecule has 2 aromatic heterocycles. The van der Waals surface area contributed by atoms with Gasteiger partial charge in [0, 0.05) is 44.1 Å². The second kappa shape index (κ2) is 6.77. The summed E-state index contributed by atoms with van der Waals surface area (Å²) in [4.78, 5) is 15.4. The fourth-order valence-corrected chi connectivity index (χ4v) is 3.05. The van der Waals surface area contributed by atoms with Crippen LogP contribution in [0.5, 0.6) is 0 Å². The number of rotatable bonds is 5. The standard InChI is InChI=1S/C16H24N6/c1-2-3-9-21-12-8-18-15(21)13-5-10-22(11-6-13)16-19-7-4-14(17)20-16/h4,7-8,12-13H,2-3,5-6,9-11H2,1H3,(H2,17,19,20). The molecule has 3 heterocycles. The number of hydrogen-bond donors (Lipinski definition) is 1. The lowest BCUT2D eigenvalue weighted by molar-refractivity contribution is 0.456. The average molecular weight is 300 g/mol. The van der Waals surface area contributed by atoms with Gasteiger partial charge in [0.2, 0.25) is 5.95 Å². The molecule has 6 heteroatoms. The molecule has 0 bridgehead atoms. The summed E-state index contributed by atoms with van der Waals surface area (Å²) in [6, 6.07) is 1.72. The van der Waals surface area contributed by atoms with E-state index in [1.54, 1.807) is 12.3 Å². The van der Waals surface area contributed by atoms with Crippen LogP contribution in [0.2, 0.25) is 0 Å². The van der Waals surface area contributed by atoms with Crippen molar-refractivity contribution in [2.45, 2.75) is 45.1 Å². The second-order valence-electron chi connectivity index (χ2n) is 5.88. The van der Waals surface area contributed by atoms with Gasteiger partial charge in [0.05, 0.1) is 0 Å². The van der Waals surface area contributed by atoms with Crippen LogP contribution in [0, 0.1) is 0 Å². The number of piperidine rings is 1. The minimum absolute atomic E-state index is 0.530. The molecule has 0 unspecified atom stereocenters. The zero-order valence-corrected chi connectivity index (χ0v) is 13.1. The fraction of sp³-hybridized carbons (Fsp3) is 0.562. The summed E-state index contributed by atoms with van der Waals surface area (Å²) in [5.41, 5.74) is 5.74. The Labute approximate surface area is 131 Å². The van der Waals surface area contributed by atoms with E-state index in [1.807, 2.05) is 6.20 Å². The number of nitrogens with zero attached hydrogens (tertiary/aromatic N) is 5. The van der Waals surface area contributed by atoms with E-state index in [2.05, 4.69) is 37.5 Å². The van der Waals surface area contributed by atoms with E-state index in [-0.39, 0.29) is 0 Å². The first-order valence-corrected chi connectivity index (χ1v) is 8.12. The Balaban J connectivity index is 1.63. The van der Waals surface area contributed by atoms with Crippen LogP contribution in [0.15, 0.2) is 24.7 Å². The molecule has 2 aromatic rings. The lowest BCUT2D eigenvalue weighted by atomic mass is 9.96. The summed E-state index contributed by atoms with van der Waals surface area (Å²) in [6.45, 7) is 5.20. The predicted molar refractivity (Wildman–Crippen MR) is 87.8 cm³/mol. The lowest BCUT2D eigenvalue weighted by Crippen LogP contribution is -2.35. The van der Waals surface area contributed by atoms with E-state index >= 15 is 0 Å². The summed E-state index contributed by atoms with van der Waals surface area (Å²) in [5, 5.41) is 0. The number of anilines is 2. The van der Waals surface area contributed by atoms with Crippen molar-refractivity contribution in [3.63, 3.8) is 0 Å². The third kappa shape index (κ3) is 3.21. The zero-order valence-electron chi connectivity index (χ0n) is 13.1. The SMILES string of the molecule is CCCCn1ccnc1C1CCN(c2nccc(N)n2)CC1. The van der Waals surface area contributed by atoms with Crippen molar-refractivity contribution in [3.05, 3.63) is 30.5 Å². The zero-order chi connectivity index (χ0) is 15.4. The van der Waals surface area contributed by atoms with Gasteiger partial charge in [-0.2, -0.15) is 4.98 Å². The van der Waals surface area contributed by atoms with Crippen LogP contribution in [0.1, 0.15) is 44.3 Å². The number of unbranched alkanes of at least 4 members (excludes halogenated alkanes) is 1. The van der Waals surface area contributed by atoms with Gasteiger partial charge in [-0.25, -0.2) is 9.97 Å². The molecule has 0 aromatic carbocycles. The van der Waals surface area contributed by atoms with Gasteiger partial charge in [0.1, 0.15) is 11.6 Å². The lowest BCUT2D eigenvalue weighted by Gasteiger charge is -2.32. The first kappa shape index (κ1) is 14.8. The molecule has 0 amide bonds. The quantitative estimate of drug-likeness (QED) is 0.918.